The summed E-state index contributed by atoms with van der Waals surface area (Å²) >= 11 is 1.24. The Morgan fingerprint density at radius 1 is 1.43 bits per heavy atom. The molecule has 1 aliphatic heterocycles. The van der Waals surface area contributed by atoms with E-state index in [4.69, 9.17) is 4.74 Å². The lowest BCUT2D eigenvalue weighted by atomic mass is 10.0. The molecule has 0 spiro atoms. The van der Waals surface area contributed by atoms with Crippen LogP contribution in [0.25, 0.3) is 0 Å². The largest absolute Gasteiger partial charge is 0.432 e. The Labute approximate surface area is 160 Å². The smallest absolute Gasteiger partial charge is 0.384 e. The first-order valence-corrected chi connectivity index (χ1v) is 9.01. The number of aliphatic hydroxyl groups is 1. The van der Waals surface area contributed by atoms with Gasteiger partial charge in [0.15, 0.2) is 5.69 Å². The van der Waals surface area contributed by atoms with Gasteiger partial charge in [0.1, 0.15) is 17.0 Å². The summed E-state index contributed by atoms with van der Waals surface area (Å²) in [6.07, 6.45) is -4.66. The second kappa shape index (κ2) is 7.85. The first kappa shape index (κ1) is 20.2. The molecule has 1 aliphatic rings. The van der Waals surface area contributed by atoms with Crippen LogP contribution >= 0.6 is 11.3 Å². The average molecular weight is 419 g/mol. The van der Waals surface area contributed by atoms with Gasteiger partial charge in [-0.3, -0.25) is 14.7 Å². The topological polar surface area (TPSA) is 120 Å². The number of rotatable bonds is 4. The second-order valence-corrected chi connectivity index (χ2v) is 6.94. The highest BCUT2D eigenvalue weighted by atomic mass is 32.1. The molecule has 2 aromatic rings. The van der Waals surface area contributed by atoms with Gasteiger partial charge in [0.05, 0.1) is 31.8 Å². The zero-order valence-electron chi connectivity index (χ0n) is 14.3. The van der Waals surface area contributed by atoms with Crippen LogP contribution in [0.15, 0.2) is 17.0 Å². The molecule has 152 valence electrons. The fourth-order valence-electron chi connectivity index (χ4n) is 2.60. The number of carbonyl (C=O) groups excluding carboxylic acids is 2. The molecule has 0 aliphatic carbocycles. The molecule has 2 amide bonds. The van der Waals surface area contributed by atoms with Gasteiger partial charge in [-0.2, -0.15) is 18.3 Å². The van der Waals surface area contributed by atoms with E-state index < -0.39 is 35.0 Å². The van der Waals surface area contributed by atoms with Crippen molar-refractivity contribution in [3.8, 4) is 0 Å². The summed E-state index contributed by atoms with van der Waals surface area (Å²) in [5.41, 5.74) is -1.53. The standard InChI is InChI=1S/C15H16F3N5O4S/c16-15(17,18)11-3-9(21-22-11)13(25)23-1-2-27-7-14(26,6-23)5-19-12(24)10-4-28-8-20-10/h3-4,8,26H,1-2,5-7H2,(H,19,24)(H,21,22). The van der Waals surface area contributed by atoms with Gasteiger partial charge in [-0.05, 0) is 0 Å². The fraction of sp³-hybridized carbons (Fsp3) is 0.467. The van der Waals surface area contributed by atoms with E-state index in [1.54, 1.807) is 5.10 Å². The van der Waals surface area contributed by atoms with Gasteiger partial charge in [-0.15, -0.1) is 11.3 Å². The van der Waals surface area contributed by atoms with E-state index in [2.05, 4.69) is 15.4 Å². The summed E-state index contributed by atoms with van der Waals surface area (Å²) in [5.74, 6) is -1.29. The number of carbonyl (C=O) groups is 2. The molecular weight excluding hydrogens is 403 g/mol. The zero-order valence-corrected chi connectivity index (χ0v) is 15.1. The Morgan fingerprint density at radius 3 is 2.86 bits per heavy atom. The Kier molecular flexibility index (Phi) is 5.67. The van der Waals surface area contributed by atoms with Gasteiger partial charge < -0.3 is 20.1 Å². The molecule has 3 rings (SSSR count). The third-order valence-electron chi connectivity index (χ3n) is 3.99. The van der Waals surface area contributed by atoms with E-state index in [9.17, 15) is 27.9 Å². The first-order valence-electron chi connectivity index (χ1n) is 8.06. The van der Waals surface area contributed by atoms with Crippen molar-refractivity contribution in [3.05, 3.63) is 34.0 Å². The molecule has 0 saturated carbocycles. The first-order chi connectivity index (χ1) is 13.2. The van der Waals surface area contributed by atoms with Crippen molar-refractivity contribution < 1.29 is 32.6 Å². The number of nitrogens with zero attached hydrogens (tertiary/aromatic N) is 3. The van der Waals surface area contributed by atoms with Crippen molar-refractivity contribution >= 4 is 23.2 Å². The molecule has 0 radical (unpaired) electrons. The fourth-order valence-corrected chi connectivity index (χ4v) is 3.13. The monoisotopic (exact) mass is 419 g/mol. The molecule has 1 fully saturated rings. The molecule has 13 heteroatoms. The molecule has 3 heterocycles. The molecule has 2 aromatic heterocycles. The average Bonchev–Trinajstić information content (AvgIpc) is 3.30. The van der Waals surface area contributed by atoms with Crippen molar-refractivity contribution in [2.24, 2.45) is 0 Å². The number of alkyl halides is 3. The Morgan fingerprint density at radius 2 is 2.21 bits per heavy atom. The van der Waals surface area contributed by atoms with Crippen LogP contribution in [0, 0.1) is 0 Å². The maximum absolute atomic E-state index is 12.7. The van der Waals surface area contributed by atoms with Crippen LogP contribution in [0.4, 0.5) is 13.2 Å². The number of hydrogen-bond donors (Lipinski definition) is 3. The number of aromatic nitrogens is 3. The van der Waals surface area contributed by atoms with Gasteiger partial charge in [0.2, 0.25) is 0 Å². The Bertz CT molecular complexity index is 841. The maximum atomic E-state index is 12.7. The van der Waals surface area contributed by atoms with E-state index in [1.807, 2.05) is 0 Å². The van der Waals surface area contributed by atoms with Gasteiger partial charge in [-0.25, -0.2) is 4.98 Å². The van der Waals surface area contributed by atoms with Gasteiger partial charge in [-0.1, -0.05) is 0 Å². The minimum Gasteiger partial charge on any atom is -0.384 e. The molecule has 1 unspecified atom stereocenters. The van der Waals surface area contributed by atoms with Crippen LogP contribution < -0.4 is 5.32 Å². The van der Waals surface area contributed by atoms with Crippen LogP contribution in [-0.4, -0.2) is 75.5 Å². The minimum absolute atomic E-state index is 0.0510. The highest BCUT2D eigenvalue weighted by Gasteiger charge is 2.38. The number of thiazole rings is 1. The quantitative estimate of drug-likeness (QED) is 0.665. The van der Waals surface area contributed by atoms with Crippen LogP contribution in [0.5, 0.6) is 0 Å². The van der Waals surface area contributed by atoms with E-state index in [0.29, 0.717) is 6.07 Å². The van der Waals surface area contributed by atoms with Crippen molar-refractivity contribution in [2.45, 2.75) is 11.8 Å². The number of amides is 2. The predicted octanol–water partition coefficient (Wildman–Crippen LogP) is 0.519. The van der Waals surface area contributed by atoms with E-state index in [-0.39, 0.29) is 38.5 Å². The third kappa shape index (κ3) is 4.66. The molecule has 0 aromatic carbocycles. The number of aromatic amines is 1. The predicted molar refractivity (Wildman–Crippen MR) is 89.7 cm³/mol. The van der Waals surface area contributed by atoms with E-state index in [1.165, 1.54) is 22.2 Å². The molecule has 3 N–H and O–H groups in total. The van der Waals surface area contributed by atoms with Crippen molar-refractivity contribution in [2.75, 3.05) is 32.8 Å². The molecule has 1 atom stereocenters. The zero-order chi connectivity index (χ0) is 20.4. The molecule has 0 bridgehead atoms. The second-order valence-electron chi connectivity index (χ2n) is 6.22. The SMILES string of the molecule is O=C(NCC1(O)COCCN(C(=O)c2cc(C(F)(F)F)[nH]n2)C1)c1cscn1. The lowest BCUT2D eigenvalue weighted by molar-refractivity contribution is -0.141. The molecule has 1 saturated heterocycles. The van der Waals surface area contributed by atoms with Crippen LogP contribution in [0.3, 0.4) is 0 Å². The number of hydrogen-bond acceptors (Lipinski definition) is 7. The number of nitrogens with one attached hydrogen (secondary N) is 2. The van der Waals surface area contributed by atoms with Crippen molar-refractivity contribution in [1.29, 1.82) is 0 Å². The summed E-state index contributed by atoms with van der Waals surface area (Å²) in [7, 11) is 0. The highest BCUT2D eigenvalue weighted by Crippen LogP contribution is 2.28. The number of β-amino-alcohol motifs (C(OH)–C–C–N with tert-alkyl or cyclic N) is 1. The molecule has 28 heavy (non-hydrogen) atoms. The van der Waals surface area contributed by atoms with Crippen molar-refractivity contribution in [3.63, 3.8) is 0 Å². The molecular formula is C15H16F3N5O4S. The van der Waals surface area contributed by atoms with Gasteiger partial charge in [0.25, 0.3) is 11.8 Å². The Hall–Kier alpha value is -2.51. The summed E-state index contributed by atoms with van der Waals surface area (Å²) in [6.45, 7) is -0.526. The summed E-state index contributed by atoms with van der Waals surface area (Å²) in [4.78, 5) is 29.5. The normalized spacial score (nSPS) is 20.6. The minimum atomic E-state index is -4.66. The molecule has 9 nitrogen and oxygen atoms in total. The van der Waals surface area contributed by atoms with Crippen LogP contribution in [-0.2, 0) is 10.9 Å². The van der Waals surface area contributed by atoms with Crippen LogP contribution in [0.1, 0.15) is 26.7 Å². The van der Waals surface area contributed by atoms with E-state index >= 15 is 0 Å². The summed E-state index contributed by atoms with van der Waals surface area (Å²) in [5, 5.41) is 20.0. The highest BCUT2D eigenvalue weighted by molar-refractivity contribution is 7.07. The number of H-pyrrole nitrogens is 1. The Balaban J connectivity index is 1.67. The summed E-state index contributed by atoms with van der Waals surface area (Å²) in [6, 6.07) is 0.608. The third-order valence-corrected chi connectivity index (χ3v) is 4.58. The lowest BCUT2D eigenvalue weighted by Crippen LogP contribution is -2.53. The lowest BCUT2D eigenvalue weighted by Gasteiger charge is -2.30. The maximum Gasteiger partial charge on any atom is 0.432 e. The number of halogens is 3. The van der Waals surface area contributed by atoms with Gasteiger partial charge in [0, 0.05) is 18.0 Å². The van der Waals surface area contributed by atoms with E-state index in [0.717, 1.165) is 4.90 Å². The van der Waals surface area contributed by atoms with Crippen molar-refractivity contribution in [1.82, 2.24) is 25.4 Å². The number of ether oxygens (including phenoxy) is 1. The van der Waals surface area contributed by atoms with Crippen LogP contribution in [0.2, 0.25) is 0 Å². The summed E-state index contributed by atoms with van der Waals surface area (Å²) < 4.78 is 43.4. The van der Waals surface area contributed by atoms with Gasteiger partial charge >= 0.3 is 6.18 Å².